The first kappa shape index (κ1) is 17.9. The van der Waals surface area contributed by atoms with Gasteiger partial charge in [0.05, 0.1) is 5.36 Å². The van der Waals surface area contributed by atoms with Crippen LogP contribution in [0, 0.1) is 6.92 Å². The molecule has 134 valence electrons. The predicted molar refractivity (Wildman–Crippen MR) is 100 cm³/mol. The van der Waals surface area contributed by atoms with Gasteiger partial charge in [-0.15, -0.1) is 0 Å². The molecule has 0 fully saturated rings. The molecule has 0 N–H and O–H groups in total. The minimum Gasteiger partial charge on any atom is -0.550 e. The number of rotatable bonds is 7. The second-order valence-electron chi connectivity index (χ2n) is 6.43. The zero-order valence-corrected chi connectivity index (χ0v) is 14.9. The molecule has 4 nitrogen and oxygen atoms in total. The maximum atomic E-state index is 10.5. The van der Waals surface area contributed by atoms with Gasteiger partial charge in [0.25, 0.3) is 0 Å². The van der Waals surface area contributed by atoms with Crippen LogP contribution in [0.4, 0.5) is 0 Å². The first-order valence-electron chi connectivity index (χ1n) is 8.94. The number of benzene rings is 2. The van der Waals surface area contributed by atoms with Crippen molar-refractivity contribution in [3.63, 3.8) is 0 Å². The van der Waals surface area contributed by atoms with E-state index in [-0.39, 0.29) is 6.42 Å². The third-order valence-corrected chi connectivity index (χ3v) is 4.28. The van der Waals surface area contributed by atoms with Crippen LogP contribution >= 0.6 is 0 Å². The lowest BCUT2D eigenvalue weighted by atomic mass is 10.1. The lowest BCUT2D eigenvalue weighted by Crippen LogP contribution is -2.21. The Hall–Kier alpha value is -2.88. The molecule has 0 aliphatic heterocycles. The molecular weight excluding hydrogens is 326 g/mol. The maximum absolute atomic E-state index is 10.5. The van der Waals surface area contributed by atoms with Gasteiger partial charge in [0.15, 0.2) is 0 Å². The van der Waals surface area contributed by atoms with Gasteiger partial charge in [-0.2, -0.15) is 0 Å². The molecule has 0 radical (unpaired) electrons. The molecule has 0 spiro atoms. The molecule has 0 aliphatic carbocycles. The molecule has 0 bridgehead atoms. The lowest BCUT2D eigenvalue weighted by Gasteiger charge is -2.06. The Bertz CT molecular complexity index is 958. The largest absolute Gasteiger partial charge is 0.550 e. The highest BCUT2D eigenvalue weighted by Crippen LogP contribution is 2.22. The van der Waals surface area contributed by atoms with E-state index in [0.717, 1.165) is 46.1 Å². The summed E-state index contributed by atoms with van der Waals surface area (Å²) in [5.41, 5.74) is 2.98. The summed E-state index contributed by atoms with van der Waals surface area (Å²) in [6, 6.07) is 18.1. The van der Waals surface area contributed by atoms with E-state index in [4.69, 9.17) is 9.41 Å². The van der Waals surface area contributed by atoms with Gasteiger partial charge < -0.3 is 14.3 Å². The van der Waals surface area contributed by atoms with Crippen molar-refractivity contribution in [2.75, 3.05) is 6.54 Å². The number of carbonyl (C=O) groups excluding carboxylic acids is 1. The topological polar surface area (TPSA) is 65.6 Å². The molecular formula is C22H22NO3-. The fourth-order valence-electron chi connectivity index (χ4n) is 2.92. The highest BCUT2D eigenvalue weighted by atomic mass is 16.4. The summed E-state index contributed by atoms with van der Waals surface area (Å²) < 4.78 is 6.08. The molecule has 3 rings (SSSR count). The van der Waals surface area contributed by atoms with Crippen molar-refractivity contribution in [3.05, 3.63) is 65.5 Å². The Morgan fingerprint density at radius 1 is 1.04 bits per heavy atom. The maximum Gasteiger partial charge on any atom is 0.136 e. The van der Waals surface area contributed by atoms with E-state index in [2.05, 4.69) is 6.07 Å². The van der Waals surface area contributed by atoms with Crippen LogP contribution in [0.1, 0.15) is 31.2 Å². The number of aliphatic carboxylic acids is 1. The van der Waals surface area contributed by atoms with Crippen LogP contribution in [0.5, 0.6) is 0 Å². The smallest absolute Gasteiger partial charge is 0.136 e. The Labute approximate surface area is 152 Å². The average Bonchev–Trinajstić information content (AvgIpc) is 2.65. The molecule has 0 unspecified atom stereocenters. The van der Waals surface area contributed by atoms with E-state index in [1.807, 2.05) is 55.5 Å². The van der Waals surface area contributed by atoms with Gasteiger partial charge in [0.2, 0.25) is 0 Å². The van der Waals surface area contributed by atoms with Crippen molar-refractivity contribution in [2.24, 2.45) is 4.99 Å². The first-order valence-corrected chi connectivity index (χ1v) is 8.94. The fraction of sp³-hybridized carbons (Fsp3) is 0.273. The van der Waals surface area contributed by atoms with E-state index in [1.54, 1.807) is 0 Å². The molecule has 3 aromatic rings. The van der Waals surface area contributed by atoms with Crippen LogP contribution < -0.4 is 10.5 Å². The molecule has 2 aromatic carbocycles. The number of nitrogens with zero attached hydrogens (tertiary/aromatic N) is 1. The van der Waals surface area contributed by atoms with Crippen LogP contribution in [0.2, 0.25) is 0 Å². The number of fused-ring (bicyclic) bond motifs is 1. The van der Waals surface area contributed by atoms with E-state index in [0.29, 0.717) is 13.0 Å². The Kier molecular flexibility index (Phi) is 5.84. The fourth-order valence-corrected chi connectivity index (χ4v) is 2.92. The molecule has 0 atom stereocenters. The van der Waals surface area contributed by atoms with Gasteiger partial charge >= 0.3 is 0 Å². The lowest BCUT2D eigenvalue weighted by molar-refractivity contribution is -0.305. The van der Waals surface area contributed by atoms with Crippen LogP contribution in [-0.2, 0) is 4.79 Å². The van der Waals surface area contributed by atoms with Gasteiger partial charge in [-0.1, -0.05) is 48.4 Å². The third kappa shape index (κ3) is 4.60. The Balaban J connectivity index is 1.90. The van der Waals surface area contributed by atoms with Crippen molar-refractivity contribution < 1.29 is 14.3 Å². The SMILES string of the molecule is Cc1ccc2oc(-c3ccccc3)cc(=NCCCCCC(=O)[O-])c2c1. The molecule has 1 heterocycles. The molecule has 0 amide bonds. The summed E-state index contributed by atoms with van der Waals surface area (Å²) in [4.78, 5) is 15.2. The van der Waals surface area contributed by atoms with Crippen LogP contribution in [0.15, 0.2) is 64.0 Å². The van der Waals surface area contributed by atoms with Gasteiger partial charge in [-0.25, -0.2) is 0 Å². The Morgan fingerprint density at radius 2 is 1.85 bits per heavy atom. The number of carboxylic acids is 1. The highest BCUT2D eigenvalue weighted by molar-refractivity contribution is 5.79. The third-order valence-electron chi connectivity index (χ3n) is 4.28. The summed E-state index contributed by atoms with van der Waals surface area (Å²) in [6.45, 7) is 2.71. The minimum atomic E-state index is -0.986. The van der Waals surface area contributed by atoms with Crippen molar-refractivity contribution in [2.45, 2.75) is 32.6 Å². The van der Waals surface area contributed by atoms with Gasteiger partial charge in [0, 0.05) is 29.5 Å². The summed E-state index contributed by atoms with van der Waals surface area (Å²) in [5.74, 6) is -0.196. The zero-order chi connectivity index (χ0) is 18.4. The molecule has 0 saturated heterocycles. The zero-order valence-electron chi connectivity index (χ0n) is 14.9. The van der Waals surface area contributed by atoms with E-state index in [1.165, 1.54) is 0 Å². The van der Waals surface area contributed by atoms with E-state index in [9.17, 15) is 9.90 Å². The van der Waals surface area contributed by atoms with Gasteiger partial charge in [0.1, 0.15) is 11.3 Å². The first-order chi connectivity index (χ1) is 12.6. The number of carboxylic acid groups (broad SMARTS) is 1. The monoisotopic (exact) mass is 348 g/mol. The molecule has 0 saturated carbocycles. The molecule has 26 heavy (non-hydrogen) atoms. The number of hydrogen-bond donors (Lipinski definition) is 0. The number of carbonyl (C=O) groups is 1. The molecule has 4 heteroatoms. The normalized spacial score (nSPS) is 11.8. The van der Waals surface area contributed by atoms with Gasteiger partial charge in [-0.3, -0.25) is 4.99 Å². The van der Waals surface area contributed by atoms with Crippen LogP contribution in [0.25, 0.3) is 22.3 Å². The van der Waals surface area contributed by atoms with Crippen molar-refractivity contribution in [1.82, 2.24) is 0 Å². The summed E-state index contributed by atoms with van der Waals surface area (Å²) >= 11 is 0. The number of aryl methyl sites for hydroxylation is 1. The van der Waals surface area contributed by atoms with Crippen molar-refractivity contribution >= 4 is 16.9 Å². The Morgan fingerprint density at radius 3 is 2.62 bits per heavy atom. The minimum absolute atomic E-state index is 0.116. The number of hydrogen-bond acceptors (Lipinski definition) is 4. The quantitative estimate of drug-likeness (QED) is 0.613. The van der Waals surface area contributed by atoms with Crippen LogP contribution in [-0.4, -0.2) is 12.5 Å². The van der Waals surface area contributed by atoms with E-state index >= 15 is 0 Å². The molecule has 1 aromatic heterocycles. The van der Waals surface area contributed by atoms with E-state index < -0.39 is 5.97 Å². The summed E-state index contributed by atoms with van der Waals surface area (Å²) in [7, 11) is 0. The molecule has 0 aliphatic rings. The predicted octanol–water partition coefficient (Wildman–Crippen LogP) is 3.62. The second kappa shape index (κ2) is 8.48. The van der Waals surface area contributed by atoms with Crippen LogP contribution in [0.3, 0.4) is 0 Å². The number of unbranched alkanes of at least 4 members (excludes halogenated alkanes) is 2. The van der Waals surface area contributed by atoms with Gasteiger partial charge in [-0.05, 0) is 38.3 Å². The van der Waals surface area contributed by atoms with Crippen molar-refractivity contribution in [1.29, 1.82) is 0 Å². The average molecular weight is 348 g/mol. The standard InChI is InChI=1S/C22H23NO3/c1-16-11-12-20-18(14-16)19(23-13-7-3-6-10-22(24)25)15-21(26-20)17-8-4-2-5-9-17/h2,4-5,8-9,11-12,14-15H,3,6-7,10,13H2,1H3,(H,24,25)/p-1. The summed E-state index contributed by atoms with van der Waals surface area (Å²) in [6.07, 6.45) is 2.44. The highest BCUT2D eigenvalue weighted by Gasteiger charge is 2.06. The summed E-state index contributed by atoms with van der Waals surface area (Å²) in [5, 5.41) is 12.4. The second-order valence-corrected chi connectivity index (χ2v) is 6.43. The van der Waals surface area contributed by atoms with Crippen molar-refractivity contribution in [3.8, 4) is 11.3 Å².